The summed E-state index contributed by atoms with van der Waals surface area (Å²) in [5.41, 5.74) is 6.67. The van der Waals surface area contributed by atoms with Gasteiger partial charge in [-0.1, -0.05) is 35.9 Å². The standard InChI is InChI=1S/C16H18ClNOS/c17-15-12-13(8-9-18)6-7-16(15)19-10-11-20-14-4-2-1-3-5-14/h1-7,12H,8-11,18H2. The Balaban J connectivity index is 1.79. The van der Waals surface area contributed by atoms with Crippen LogP contribution in [0.4, 0.5) is 0 Å². The van der Waals surface area contributed by atoms with E-state index in [0.717, 1.165) is 23.5 Å². The molecule has 2 rings (SSSR count). The van der Waals surface area contributed by atoms with Crippen molar-refractivity contribution in [3.8, 4) is 5.75 Å². The smallest absolute Gasteiger partial charge is 0.137 e. The van der Waals surface area contributed by atoms with E-state index >= 15 is 0 Å². The van der Waals surface area contributed by atoms with Crippen LogP contribution in [0.5, 0.6) is 5.75 Å². The van der Waals surface area contributed by atoms with Crippen molar-refractivity contribution < 1.29 is 4.74 Å². The van der Waals surface area contributed by atoms with E-state index in [1.807, 2.05) is 36.4 Å². The number of thioether (sulfide) groups is 1. The number of benzene rings is 2. The minimum absolute atomic E-state index is 0.629. The van der Waals surface area contributed by atoms with Gasteiger partial charge >= 0.3 is 0 Å². The molecule has 4 heteroatoms. The van der Waals surface area contributed by atoms with E-state index in [1.54, 1.807) is 11.8 Å². The SMILES string of the molecule is NCCc1ccc(OCCSc2ccccc2)c(Cl)c1. The van der Waals surface area contributed by atoms with Crippen LogP contribution in [0.3, 0.4) is 0 Å². The summed E-state index contributed by atoms with van der Waals surface area (Å²) in [7, 11) is 0. The van der Waals surface area contributed by atoms with E-state index in [0.29, 0.717) is 18.2 Å². The quantitative estimate of drug-likeness (QED) is 0.620. The summed E-state index contributed by atoms with van der Waals surface area (Å²) < 4.78 is 5.71. The van der Waals surface area contributed by atoms with Gasteiger partial charge in [-0.15, -0.1) is 11.8 Å². The van der Waals surface area contributed by atoms with Crippen molar-refractivity contribution in [2.24, 2.45) is 5.73 Å². The Bertz CT molecular complexity index is 533. The second-order valence-electron chi connectivity index (χ2n) is 4.31. The molecule has 2 nitrogen and oxygen atoms in total. The highest BCUT2D eigenvalue weighted by molar-refractivity contribution is 7.99. The van der Waals surface area contributed by atoms with Gasteiger partial charge in [0.1, 0.15) is 5.75 Å². The molecule has 0 aliphatic carbocycles. The van der Waals surface area contributed by atoms with Crippen LogP contribution < -0.4 is 10.5 Å². The summed E-state index contributed by atoms with van der Waals surface area (Å²) in [6.07, 6.45) is 0.837. The number of nitrogens with two attached hydrogens (primary N) is 1. The molecule has 2 aromatic rings. The first kappa shape index (κ1) is 15.2. The minimum atomic E-state index is 0.629. The van der Waals surface area contributed by atoms with E-state index in [-0.39, 0.29) is 0 Å². The zero-order valence-corrected chi connectivity index (χ0v) is 12.8. The van der Waals surface area contributed by atoms with E-state index in [9.17, 15) is 0 Å². The largest absolute Gasteiger partial charge is 0.491 e. The first-order valence-corrected chi connectivity index (χ1v) is 7.95. The molecule has 0 fully saturated rings. The fraction of sp³-hybridized carbons (Fsp3) is 0.250. The molecule has 0 aliphatic rings. The molecule has 2 N–H and O–H groups in total. The summed E-state index contributed by atoms with van der Waals surface area (Å²) in [5.74, 6) is 1.63. The molecule has 0 spiro atoms. The lowest BCUT2D eigenvalue weighted by Gasteiger charge is -2.09. The van der Waals surface area contributed by atoms with Crippen molar-refractivity contribution in [2.45, 2.75) is 11.3 Å². The molecule has 2 aromatic carbocycles. The summed E-state index contributed by atoms with van der Waals surface area (Å²) in [6.45, 7) is 1.26. The van der Waals surface area contributed by atoms with Crippen molar-refractivity contribution in [2.75, 3.05) is 18.9 Å². The molecular weight excluding hydrogens is 290 g/mol. The maximum atomic E-state index is 6.19. The van der Waals surface area contributed by atoms with Crippen molar-refractivity contribution in [1.29, 1.82) is 0 Å². The number of hydrogen-bond acceptors (Lipinski definition) is 3. The van der Waals surface area contributed by atoms with Crippen LogP contribution in [-0.2, 0) is 6.42 Å². The predicted molar refractivity (Wildman–Crippen MR) is 86.9 cm³/mol. The Kier molecular flexibility index (Phi) is 6.25. The van der Waals surface area contributed by atoms with Gasteiger partial charge in [0.2, 0.25) is 0 Å². The summed E-state index contributed by atoms with van der Waals surface area (Å²) >= 11 is 7.96. The number of ether oxygens (including phenoxy) is 1. The van der Waals surface area contributed by atoms with E-state index in [4.69, 9.17) is 22.1 Å². The molecule has 20 heavy (non-hydrogen) atoms. The van der Waals surface area contributed by atoms with Crippen LogP contribution >= 0.6 is 23.4 Å². The first-order valence-electron chi connectivity index (χ1n) is 6.59. The fourth-order valence-electron chi connectivity index (χ4n) is 1.81. The van der Waals surface area contributed by atoms with Crippen molar-refractivity contribution >= 4 is 23.4 Å². The normalized spacial score (nSPS) is 10.5. The van der Waals surface area contributed by atoms with Gasteiger partial charge in [-0.2, -0.15) is 0 Å². The highest BCUT2D eigenvalue weighted by atomic mass is 35.5. The second-order valence-corrected chi connectivity index (χ2v) is 5.89. The molecule has 0 bridgehead atoms. The maximum absolute atomic E-state index is 6.19. The first-order chi connectivity index (χ1) is 9.79. The van der Waals surface area contributed by atoms with Gasteiger partial charge in [0.05, 0.1) is 11.6 Å². The zero-order valence-electron chi connectivity index (χ0n) is 11.2. The fourth-order valence-corrected chi connectivity index (χ4v) is 2.82. The molecule has 0 amide bonds. The lowest BCUT2D eigenvalue weighted by molar-refractivity contribution is 0.344. The van der Waals surface area contributed by atoms with Crippen molar-refractivity contribution in [3.05, 3.63) is 59.1 Å². The third-order valence-electron chi connectivity index (χ3n) is 2.78. The second kappa shape index (κ2) is 8.20. The van der Waals surface area contributed by atoms with Crippen LogP contribution in [-0.4, -0.2) is 18.9 Å². The van der Waals surface area contributed by atoms with Gasteiger partial charge in [0, 0.05) is 10.6 Å². The van der Waals surface area contributed by atoms with Gasteiger partial charge < -0.3 is 10.5 Å². The van der Waals surface area contributed by atoms with Crippen molar-refractivity contribution in [3.63, 3.8) is 0 Å². The molecule has 0 heterocycles. The zero-order chi connectivity index (χ0) is 14.2. The van der Waals surface area contributed by atoms with Crippen molar-refractivity contribution in [1.82, 2.24) is 0 Å². The Morgan fingerprint density at radius 2 is 1.90 bits per heavy atom. The summed E-state index contributed by atoms with van der Waals surface area (Å²) in [5, 5.41) is 0.653. The molecule has 0 aromatic heterocycles. The molecule has 0 unspecified atom stereocenters. The minimum Gasteiger partial charge on any atom is -0.491 e. The van der Waals surface area contributed by atoms with Crippen LogP contribution in [0.1, 0.15) is 5.56 Å². The van der Waals surface area contributed by atoms with E-state index in [2.05, 4.69) is 12.1 Å². The molecule has 0 aliphatic heterocycles. The molecule has 0 radical (unpaired) electrons. The van der Waals surface area contributed by atoms with Crippen LogP contribution in [0, 0.1) is 0 Å². The Hall–Kier alpha value is -1.16. The van der Waals surface area contributed by atoms with Crippen LogP contribution in [0.2, 0.25) is 5.02 Å². The maximum Gasteiger partial charge on any atom is 0.137 e. The van der Waals surface area contributed by atoms with Crippen LogP contribution in [0.15, 0.2) is 53.4 Å². The van der Waals surface area contributed by atoms with E-state index in [1.165, 1.54) is 4.90 Å². The monoisotopic (exact) mass is 307 g/mol. The topological polar surface area (TPSA) is 35.2 Å². The third kappa shape index (κ3) is 4.75. The highest BCUT2D eigenvalue weighted by Crippen LogP contribution is 2.26. The number of halogens is 1. The van der Waals surface area contributed by atoms with Gasteiger partial charge in [0.25, 0.3) is 0 Å². The van der Waals surface area contributed by atoms with Crippen LogP contribution in [0.25, 0.3) is 0 Å². The number of rotatable bonds is 7. The lowest BCUT2D eigenvalue weighted by atomic mass is 10.1. The average molecular weight is 308 g/mol. The van der Waals surface area contributed by atoms with E-state index < -0.39 is 0 Å². The average Bonchev–Trinajstić information content (AvgIpc) is 2.47. The van der Waals surface area contributed by atoms with Gasteiger partial charge in [-0.3, -0.25) is 0 Å². The molecule has 0 saturated carbocycles. The lowest BCUT2D eigenvalue weighted by Crippen LogP contribution is -2.04. The molecule has 106 valence electrons. The van der Waals surface area contributed by atoms with Gasteiger partial charge in [-0.25, -0.2) is 0 Å². The molecule has 0 atom stereocenters. The Morgan fingerprint density at radius 3 is 2.60 bits per heavy atom. The Labute approximate surface area is 129 Å². The van der Waals surface area contributed by atoms with Gasteiger partial charge in [0.15, 0.2) is 0 Å². The third-order valence-corrected chi connectivity index (χ3v) is 4.05. The summed E-state index contributed by atoms with van der Waals surface area (Å²) in [4.78, 5) is 1.25. The number of hydrogen-bond donors (Lipinski definition) is 1. The van der Waals surface area contributed by atoms with Gasteiger partial charge in [-0.05, 0) is 42.8 Å². The highest BCUT2D eigenvalue weighted by Gasteiger charge is 2.03. The summed E-state index contributed by atoms with van der Waals surface area (Å²) in [6, 6.07) is 16.1. The predicted octanol–water partition coefficient (Wildman–Crippen LogP) is 4.01. The molecular formula is C16H18ClNOS. The molecule has 0 saturated heterocycles. The Morgan fingerprint density at radius 1 is 1.10 bits per heavy atom.